The molecule has 0 saturated carbocycles. The van der Waals surface area contributed by atoms with Gasteiger partial charge in [-0.05, 0) is 37.0 Å². The molecule has 2 aliphatic rings. The number of nitrogens with zero attached hydrogens (tertiary/aromatic N) is 1. The van der Waals surface area contributed by atoms with Crippen molar-refractivity contribution in [3.63, 3.8) is 0 Å². The largest absolute Gasteiger partial charge is 0.481 e. The second-order valence-corrected chi connectivity index (χ2v) is 8.78. The molecule has 0 unspecified atom stereocenters. The Hall–Kier alpha value is -4.69. The molecule has 39 heavy (non-hydrogen) atoms. The summed E-state index contributed by atoms with van der Waals surface area (Å²) in [7, 11) is 0. The number of rotatable bonds is 6. The Morgan fingerprint density at radius 2 is 1.54 bits per heavy atom. The van der Waals surface area contributed by atoms with Gasteiger partial charge in [0, 0.05) is 31.6 Å². The number of benzene rings is 1. The van der Waals surface area contributed by atoms with E-state index in [2.05, 4.69) is 31.6 Å². The molecule has 2 bridgehead atoms. The average Bonchev–Trinajstić information content (AvgIpc) is 2.89. The predicted molar refractivity (Wildman–Crippen MR) is 139 cm³/mol. The van der Waals surface area contributed by atoms with Crippen LogP contribution < -0.4 is 38.1 Å². The molecule has 2 heterocycles. The van der Waals surface area contributed by atoms with Gasteiger partial charge in [-0.3, -0.25) is 33.8 Å². The summed E-state index contributed by atoms with van der Waals surface area (Å²) in [5, 5.41) is 21.7. The first kappa shape index (κ1) is 30.5. The van der Waals surface area contributed by atoms with Crippen LogP contribution in [0.1, 0.15) is 48.0 Å². The number of carboxylic acids is 1. The van der Waals surface area contributed by atoms with Gasteiger partial charge in [-0.15, -0.1) is 0 Å². The molecule has 1 aromatic rings. The van der Waals surface area contributed by atoms with Gasteiger partial charge in [0.1, 0.15) is 12.1 Å². The van der Waals surface area contributed by atoms with Crippen molar-refractivity contribution < 1.29 is 33.9 Å². The molecule has 5 amide bonds. The Balaban J connectivity index is 2.17. The second kappa shape index (κ2) is 15.5. The first-order chi connectivity index (χ1) is 18.5. The lowest BCUT2D eigenvalue weighted by Crippen LogP contribution is -2.52. The minimum atomic E-state index is -1.40. The van der Waals surface area contributed by atoms with Crippen molar-refractivity contribution in [2.45, 2.75) is 50.7 Å². The fraction of sp³-hybridized carbons (Fsp3) is 0.458. The third kappa shape index (κ3) is 11.5. The van der Waals surface area contributed by atoms with Crippen LogP contribution in [0, 0.1) is 0 Å². The van der Waals surface area contributed by atoms with E-state index < -0.39 is 54.6 Å². The molecule has 212 valence electrons. The molecule has 0 saturated heterocycles. The van der Waals surface area contributed by atoms with E-state index in [9.17, 15) is 33.9 Å². The zero-order valence-corrected chi connectivity index (χ0v) is 21.3. The number of hydrogen-bond acceptors (Lipinski definition) is 7. The molecule has 15 nitrogen and oxygen atoms in total. The summed E-state index contributed by atoms with van der Waals surface area (Å²) in [6, 6.07) is 3.96. The van der Waals surface area contributed by atoms with Gasteiger partial charge in [-0.2, -0.15) is 0 Å². The summed E-state index contributed by atoms with van der Waals surface area (Å²) < 4.78 is 0. The van der Waals surface area contributed by atoms with Crippen LogP contribution in [0.4, 0.5) is 0 Å². The lowest BCUT2D eigenvalue weighted by Gasteiger charge is -2.20. The van der Waals surface area contributed by atoms with Gasteiger partial charge in [0.25, 0.3) is 5.91 Å². The maximum Gasteiger partial charge on any atom is 0.305 e. The quantitative estimate of drug-likeness (QED) is 0.0808. The number of nitrogens with one attached hydrogen (secondary N) is 5. The molecule has 3 rings (SSSR count). The monoisotopic (exact) mass is 546 g/mol. The SMILES string of the molecule is NC(N)=NCCC[C@@H]1NC(=O)CCCNC(=O)c2ccc(cc2)CNC(=O)[C@@H](CC(=O)O)NC(=O)CNC1=O. The van der Waals surface area contributed by atoms with E-state index >= 15 is 0 Å². The third-order valence-corrected chi connectivity index (χ3v) is 5.60. The number of aliphatic carboxylic acids is 1. The number of guanidine groups is 1. The van der Waals surface area contributed by atoms with Gasteiger partial charge in [-0.25, -0.2) is 0 Å². The van der Waals surface area contributed by atoms with Crippen molar-refractivity contribution in [1.29, 1.82) is 0 Å². The van der Waals surface area contributed by atoms with Crippen molar-refractivity contribution in [3.8, 4) is 0 Å². The summed E-state index contributed by atoms with van der Waals surface area (Å²) in [5.41, 5.74) is 11.6. The van der Waals surface area contributed by atoms with Crippen LogP contribution in [0.25, 0.3) is 0 Å². The Labute approximate surface area is 224 Å². The maximum absolute atomic E-state index is 12.8. The summed E-state index contributed by atoms with van der Waals surface area (Å²) >= 11 is 0. The number of carbonyl (C=O) groups is 6. The van der Waals surface area contributed by atoms with Crippen LogP contribution in [0.2, 0.25) is 0 Å². The van der Waals surface area contributed by atoms with Crippen LogP contribution in [0.5, 0.6) is 0 Å². The summed E-state index contributed by atoms with van der Waals surface area (Å²) in [4.78, 5) is 77.7. The zero-order chi connectivity index (χ0) is 28.8. The summed E-state index contributed by atoms with van der Waals surface area (Å²) in [6.07, 6.45) is 0.165. The van der Waals surface area contributed by atoms with Gasteiger partial charge < -0.3 is 43.2 Å². The average molecular weight is 547 g/mol. The smallest absolute Gasteiger partial charge is 0.305 e. The fourth-order valence-electron chi connectivity index (χ4n) is 3.60. The van der Waals surface area contributed by atoms with Gasteiger partial charge in [0.05, 0.1) is 13.0 Å². The summed E-state index contributed by atoms with van der Waals surface area (Å²) in [6.45, 7) is -0.104. The molecule has 0 aromatic heterocycles. The first-order valence-corrected chi connectivity index (χ1v) is 12.3. The highest BCUT2D eigenvalue weighted by Gasteiger charge is 2.25. The second-order valence-electron chi connectivity index (χ2n) is 8.78. The van der Waals surface area contributed by atoms with Crippen molar-refractivity contribution in [2.24, 2.45) is 16.5 Å². The number of carboxylic acid groups (broad SMARTS) is 1. The highest BCUT2D eigenvalue weighted by molar-refractivity contribution is 5.95. The van der Waals surface area contributed by atoms with Crippen LogP contribution in [-0.4, -0.2) is 78.3 Å². The van der Waals surface area contributed by atoms with Crippen LogP contribution >= 0.6 is 0 Å². The maximum atomic E-state index is 12.8. The summed E-state index contributed by atoms with van der Waals surface area (Å²) in [5.74, 6) is -4.43. The van der Waals surface area contributed by atoms with Gasteiger partial charge in [-0.1, -0.05) is 12.1 Å². The minimum absolute atomic E-state index is 0.0266. The molecular weight excluding hydrogens is 512 g/mol. The van der Waals surface area contributed by atoms with Gasteiger partial charge in [0.2, 0.25) is 23.6 Å². The first-order valence-electron chi connectivity index (χ1n) is 12.3. The molecule has 0 radical (unpaired) electrons. The lowest BCUT2D eigenvalue weighted by atomic mass is 10.1. The van der Waals surface area contributed by atoms with Gasteiger partial charge >= 0.3 is 5.97 Å². The van der Waals surface area contributed by atoms with E-state index in [1.807, 2.05) is 0 Å². The number of fused-ring (bicyclic) bond motifs is 18. The number of amides is 5. The highest BCUT2D eigenvalue weighted by atomic mass is 16.4. The van der Waals surface area contributed by atoms with Crippen LogP contribution in [-0.2, 0) is 30.5 Å². The molecule has 1 aromatic carbocycles. The Kier molecular flexibility index (Phi) is 12.2. The topological polar surface area (TPSA) is 247 Å². The molecule has 0 fully saturated rings. The molecule has 15 heteroatoms. The Morgan fingerprint density at radius 1 is 0.897 bits per heavy atom. The zero-order valence-electron chi connectivity index (χ0n) is 21.3. The predicted octanol–water partition coefficient (Wildman–Crippen LogP) is -2.56. The molecule has 2 atom stereocenters. The van der Waals surface area contributed by atoms with E-state index in [1.54, 1.807) is 24.3 Å². The lowest BCUT2D eigenvalue weighted by molar-refractivity contribution is -0.140. The molecule has 0 spiro atoms. The van der Waals surface area contributed by atoms with Crippen molar-refractivity contribution in [1.82, 2.24) is 26.6 Å². The van der Waals surface area contributed by atoms with E-state index in [0.717, 1.165) is 0 Å². The van der Waals surface area contributed by atoms with E-state index in [-0.39, 0.29) is 44.3 Å². The van der Waals surface area contributed by atoms with Crippen molar-refractivity contribution in [2.75, 3.05) is 19.6 Å². The minimum Gasteiger partial charge on any atom is -0.481 e. The Morgan fingerprint density at radius 3 is 2.21 bits per heavy atom. The van der Waals surface area contributed by atoms with E-state index in [0.29, 0.717) is 24.0 Å². The molecule has 10 N–H and O–H groups in total. The molecule has 2 aliphatic heterocycles. The standard InChI is InChI=1S/C24H34N8O7/c25-24(26)28-10-1-3-16-22(38)30-13-19(34)32-17(11-20(35)36)23(39)29-12-14-5-7-15(8-6-14)21(37)27-9-2-4-18(33)31-16/h5-8,16-17H,1-4,9-13H2,(H,27,37)(H,29,39)(H,30,38)(H,31,33)(H,32,34)(H,35,36)(H4,25,26,28)/t16-,17+/m0/s1. The number of nitrogens with two attached hydrogens (primary N) is 2. The van der Waals surface area contributed by atoms with Crippen molar-refractivity contribution >= 4 is 41.5 Å². The number of hydrogen-bond donors (Lipinski definition) is 8. The van der Waals surface area contributed by atoms with E-state index in [4.69, 9.17) is 11.5 Å². The Bertz CT molecular complexity index is 1090. The van der Waals surface area contributed by atoms with Crippen LogP contribution in [0.3, 0.4) is 0 Å². The van der Waals surface area contributed by atoms with Gasteiger partial charge in [0.15, 0.2) is 5.96 Å². The number of carbonyl (C=O) groups excluding carboxylic acids is 5. The fourth-order valence-corrected chi connectivity index (χ4v) is 3.60. The van der Waals surface area contributed by atoms with Crippen LogP contribution in [0.15, 0.2) is 29.3 Å². The highest BCUT2D eigenvalue weighted by Crippen LogP contribution is 2.06. The number of aliphatic imine (C=N–C) groups is 1. The molecule has 0 aliphatic carbocycles. The van der Waals surface area contributed by atoms with Crippen molar-refractivity contribution in [3.05, 3.63) is 35.4 Å². The molecular formula is C24H34N8O7. The third-order valence-electron chi connectivity index (χ3n) is 5.60. The normalized spacial score (nSPS) is 19.8. The van der Waals surface area contributed by atoms with E-state index in [1.165, 1.54) is 0 Å².